The molecule has 3 nitrogen and oxygen atoms in total. The summed E-state index contributed by atoms with van der Waals surface area (Å²) in [6.07, 6.45) is 6.25. The molecule has 0 radical (unpaired) electrons. The number of hydrogen-bond donors (Lipinski definition) is 1. The Hall–Kier alpha value is -0.350. The van der Waals surface area contributed by atoms with E-state index >= 15 is 0 Å². The largest absolute Gasteiger partial charge is 0.312 e. The molecule has 94 valence electrons. The molecule has 0 saturated carbocycles. The second-order valence-electron chi connectivity index (χ2n) is 4.49. The lowest BCUT2D eigenvalue weighted by Gasteiger charge is -2.30. The van der Waals surface area contributed by atoms with Crippen molar-refractivity contribution in [2.24, 2.45) is 0 Å². The highest BCUT2D eigenvalue weighted by Gasteiger charge is 2.34. The molecule has 0 spiro atoms. The van der Waals surface area contributed by atoms with Crippen LogP contribution in [0, 0.1) is 0 Å². The van der Waals surface area contributed by atoms with Crippen molar-refractivity contribution in [3.63, 3.8) is 0 Å². The van der Waals surface area contributed by atoms with Crippen molar-refractivity contribution in [2.45, 2.75) is 50.3 Å². The summed E-state index contributed by atoms with van der Waals surface area (Å²) < 4.78 is 24.0. The zero-order chi connectivity index (χ0) is 12.0. The van der Waals surface area contributed by atoms with E-state index in [4.69, 9.17) is 0 Å². The number of sulfone groups is 1. The van der Waals surface area contributed by atoms with Gasteiger partial charge in [0, 0.05) is 6.04 Å². The maximum Gasteiger partial charge on any atom is 0.154 e. The minimum atomic E-state index is -2.89. The van der Waals surface area contributed by atoms with E-state index in [2.05, 4.69) is 18.8 Å². The zero-order valence-corrected chi connectivity index (χ0v) is 10.9. The van der Waals surface area contributed by atoms with Crippen LogP contribution in [-0.2, 0) is 9.84 Å². The lowest BCUT2D eigenvalue weighted by Crippen LogP contribution is -2.46. The second-order valence-corrected chi connectivity index (χ2v) is 6.83. The van der Waals surface area contributed by atoms with Crippen LogP contribution in [0.2, 0.25) is 0 Å². The van der Waals surface area contributed by atoms with Crippen molar-refractivity contribution in [3.8, 4) is 0 Å². The fourth-order valence-electron chi connectivity index (χ4n) is 2.31. The number of hydrogen-bond acceptors (Lipinski definition) is 3. The van der Waals surface area contributed by atoms with Gasteiger partial charge < -0.3 is 5.32 Å². The van der Waals surface area contributed by atoms with E-state index in [0.29, 0.717) is 5.75 Å². The van der Waals surface area contributed by atoms with Gasteiger partial charge in [-0.25, -0.2) is 8.42 Å². The quantitative estimate of drug-likeness (QED) is 0.727. The van der Waals surface area contributed by atoms with E-state index in [1.807, 2.05) is 6.08 Å². The molecule has 16 heavy (non-hydrogen) atoms. The van der Waals surface area contributed by atoms with Crippen LogP contribution < -0.4 is 5.32 Å². The first-order valence-corrected chi connectivity index (χ1v) is 7.89. The van der Waals surface area contributed by atoms with Gasteiger partial charge >= 0.3 is 0 Å². The minimum Gasteiger partial charge on any atom is -0.312 e. The van der Waals surface area contributed by atoms with Crippen LogP contribution in [0.25, 0.3) is 0 Å². The van der Waals surface area contributed by atoms with E-state index < -0.39 is 9.84 Å². The monoisotopic (exact) mass is 245 g/mol. The molecule has 1 rings (SSSR count). The molecule has 0 aromatic rings. The van der Waals surface area contributed by atoms with Crippen LogP contribution in [-0.4, -0.2) is 32.0 Å². The van der Waals surface area contributed by atoms with Gasteiger partial charge in [0.05, 0.1) is 11.0 Å². The molecule has 0 bridgehead atoms. The van der Waals surface area contributed by atoms with Gasteiger partial charge in [-0.1, -0.05) is 19.4 Å². The highest BCUT2D eigenvalue weighted by atomic mass is 32.2. The maximum atomic E-state index is 12.0. The molecular weight excluding hydrogens is 222 g/mol. The Balaban J connectivity index is 2.70. The molecule has 1 saturated heterocycles. The van der Waals surface area contributed by atoms with Crippen LogP contribution in [0.5, 0.6) is 0 Å². The molecule has 1 aliphatic heterocycles. The van der Waals surface area contributed by atoms with Crippen LogP contribution in [0.4, 0.5) is 0 Å². The standard InChI is InChI=1S/C12H23NO2S/c1-3-7-11(13-9-4-2)12-8-5-6-10-16(12,14)15/h3,11-13H,1,4-10H2,2H3. The van der Waals surface area contributed by atoms with Crippen molar-refractivity contribution in [2.75, 3.05) is 12.3 Å². The third-order valence-electron chi connectivity index (χ3n) is 3.15. The van der Waals surface area contributed by atoms with Crippen molar-refractivity contribution in [3.05, 3.63) is 12.7 Å². The molecule has 0 aromatic heterocycles. The third-order valence-corrected chi connectivity index (χ3v) is 5.50. The summed E-state index contributed by atoms with van der Waals surface area (Å²) in [5.74, 6) is 0.360. The fraction of sp³-hybridized carbons (Fsp3) is 0.833. The summed E-state index contributed by atoms with van der Waals surface area (Å²) >= 11 is 0. The van der Waals surface area contributed by atoms with E-state index in [1.165, 1.54) is 0 Å². The lowest BCUT2D eigenvalue weighted by atomic mass is 10.0. The Morgan fingerprint density at radius 3 is 2.81 bits per heavy atom. The van der Waals surface area contributed by atoms with Gasteiger partial charge in [-0.15, -0.1) is 6.58 Å². The van der Waals surface area contributed by atoms with Gasteiger partial charge in [-0.05, 0) is 32.2 Å². The summed E-state index contributed by atoms with van der Waals surface area (Å²) in [6.45, 7) is 6.69. The second kappa shape index (κ2) is 6.40. The average Bonchev–Trinajstić information content (AvgIpc) is 2.24. The van der Waals surface area contributed by atoms with Crippen LogP contribution in [0.3, 0.4) is 0 Å². The van der Waals surface area contributed by atoms with E-state index in [9.17, 15) is 8.42 Å². The van der Waals surface area contributed by atoms with Gasteiger partial charge in [0.15, 0.2) is 9.84 Å². The predicted octanol–water partition coefficient (Wildman–Crippen LogP) is 1.90. The summed E-state index contributed by atoms with van der Waals surface area (Å²) in [5, 5.41) is 3.14. The van der Waals surface area contributed by atoms with Gasteiger partial charge in [0.2, 0.25) is 0 Å². The lowest BCUT2D eigenvalue weighted by molar-refractivity contribution is 0.438. The normalized spacial score (nSPS) is 26.2. The number of nitrogens with one attached hydrogen (secondary N) is 1. The van der Waals surface area contributed by atoms with Crippen molar-refractivity contribution in [1.29, 1.82) is 0 Å². The topological polar surface area (TPSA) is 46.2 Å². The smallest absolute Gasteiger partial charge is 0.154 e. The molecule has 1 heterocycles. The average molecular weight is 245 g/mol. The Bertz CT molecular complexity index is 311. The van der Waals surface area contributed by atoms with Gasteiger partial charge in [-0.2, -0.15) is 0 Å². The highest BCUT2D eigenvalue weighted by Crippen LogP contribution is 2.23. The SMILES string of the molecule is C=CCC(NCCC)C1CCCCS1(=O)=O. The van der Waals surface area contributed by atoms with Gasteiger partial charge in [0.25, 0.3) is 0 Å². The Morgan fingerprint density at radius 1 is 1.50 bits per heavy atom. The first-order chi connectivity index (χ1) is 7.61. The number of rotatable bonds is 6. The zero-order valence-electron chi connectivity index (χ0n) is 10.1. The van der Waals surface area contributed by atoms with Gasteiger partial charge in [-0.3, -0.25) is 0 Å². The molecule has 0 aromatic carbocycles. The molecule has 2 atom stereocenters. The molecular formula is C12H23NO2S. The van der Waals surface area contributed by atoms with Crippen LogP contribution in [0.15, 0.2) is 12.7 Å². The first-order valence-electron chi connectivity index (χ1n) is 6.17. The Morgan fingerprint density at radius 2 is 2.25 bits per heavy atom. The Labute approximate surface area is 99.2 Å². The summed E-state index contributed by atoms with van der Waals surface area (Å²) in [4.78, 5) is 0. The molecule has 1 N–H and O–H groups in total. The maximum absolute atomic E-state index is 12.0. The summed E-state index contributed by atoms with van der Waals surface area (Å²) in [5.41, 5.74) is 0. The molecule has 0 aliphatic carbocycles. The van der Waals surface area contributed by atoms with Crippen molar-refractivity contribution in [1.82, 2.24) is 5.32 Å². The molecule has 1 fully saturated rings. The van der Waals surface area contributed by atoms with Crippen molar-refractivity contribution >= 4 is 9.84 Å². The molecule has 4 heteroatoms. The minimum absolute atomic E-state index is 0.0581. The fourth-order valence-corrected chi connectivity index (χ4v) is 4.45. The molecule has 0 amide bonds. The third kappa shape index (κ3) is 3.59. The summed E-state index contributed by atoms with van der Waals surface area (Å²) in [6, 6.07) is 0.0581. The Kier molecular flexibility index (Phi) is 5.49. The molecule has 1 aliphatic rings. The van der Waals surface area contributed by atoms with E-state index in [1.54, 1.807) is 0 Å². The van der Waals surface area contributed by atoms with Crippen molar-refractivity contribution < 1.29 is 8.42 Å². The highest BCUT2D eigenvalue weighted by molar-refractivity contribution is 7.92. The predicted molar refractivity (Wildman–Crippen MR) is 68.3 cm³/mol. The van der Waals surface area contributed by atoms with Crippen LogP contribution >= 0.6 is 0 Å². The van der Waals surface area contributed by atoms with E-state index in [-0.39, 0.29) is 11.3 Å². The summed E-state index contributed by atoms with van der Waals surface area (Å²) in [7, 11) is -2.89. The molecule has 2 unspecified atom stereocenters. The van der Waals surface area contributed by atoms with Gasteiger partial charge in [0.1, 0.15) is 0 Å². The van der Waals surface area contributed by atoms with Crippen LogP contribution in [0.1, 0.15) is 39.0 Å². The first kappa shape index (κ1) is 13.7. The van der Waals surface area contributed by atoms with E-state index in [0.717, 1.165) is 38.6 Å².